The number of rotatable bonds is 6. The maximum absolute atomic E-state index is 7.21. The number of halogens is 1. The van der Waals surface area contributed by atoms with Crippen LogP contribution in [0.15, 0.2) is 0 Å². The monoisotopic (exact) mass is 262 g/mol. The van der Waals surface area contributed by atoms with E-state index in [1.165, 1.54) is 25.7 Å². The van der Waals surface area contributed by atoms with Gasteiger partial charge in [0, 0.05) is 0 Å². The van der Waals surface area contributed by atoms with E-state index in [1.54, 1.807) is 0 Å². The second-order valence-electron chi connectivity index (χ2n) is 6.40. The molecule has 0 fully saturated rings. The lowest BCUT2D eigenvalue weighted by Crippen LogP contribution is -2.45. The zero-order valence-electron chi connectivity index (χ0n) is 12.4. The largest absolute Gasteiger partial charge is 0.167 e. The molecule has 0 bridgehead atoms. The van der Waals surface area contributed by atoms with Crippen LogP contribution in [-0.2, 0) is 0 Å². The van der Waals surface area contributed by atoms with Gasteiger partial charge in [0.2, 0.25) is 0 Å². The highest BCUT2D eigenvalue weighted by Gasteiger charge is 2.50. The van der Waals surface area contributed by atoms with Crippen molar-refractivity contribution in [2.75, 3.05) is 0 Å². The average Bonchev–Trinajstić information content (AvgIpc) is 2.15. The van der Waals surface area contributed by atoms with Crippen molar-refractivity contribution in [2.45, 2.75) is 90.3 Å². The molecule has 0 saturated carbocycles. The van der Waals surface area contributed by atoms with Crippen LogP contribution in [0.4, 0.5) is 0 Å². The molecule has 0 aromatic rings. The molecule has 0 radical (unpaired) electrons. The minimum absolute atomic E-state index is 0.303. The van der Waals surface area contributed by atoms with Crippen molar-refractivity contribution >= 4 is 18.5 Å². The normalized spacial score (nSPS) is 20.2. The fourth-order valence-electron chi connectivity index (χ4n) is 3.25. The van der Waals surface area contributed by atoms with E-state index < -0.39 is 7.38 Å². The highest BCUT2D eigenvalue weighted by atomic mass is 35.6. The van der Waals surface area contributed by atoms with Crippen LogP contribution >= 0.6 is 11.1 Å². The van der Waals surface area contributed by atoms with Crippen molar-refractivity contribution in [3.8, 4) is 0 Å². The minimum Gasteiger partial charge on any atom is -0.166 e. The molecule has 98 valence electrons. The quantitative estimate of drug-likeness (QED) is 0.386. The first-order valence-electron chi connectivity index (χ1n) is 6.90. The van der Waals surface area contributed by atoms with Crippen LogP contribution in [0.1, 0.15) is 74.1 Å². The summed E-state index contributed by atoms with van der Waals surface area (Å²) >= 11 is 7.21. The summed E-state index contributed by atoms with van der Waals surface area (Å²) in [4.78, 5) is 0. The molecule has 0 saturated heterocycles. The van der Waals surface area contributed by atoms with Crippen molar-refractivity contribution in [2.24, 2.45) is 0 Å². The van der Waals surface area contributed by atoms with Gasteiger partial charge >= 0.3 is 0 Å². The van der Waals surface area contributed by atoms with Crippen LogP contribution < -0.4 is 0 Å². The molecular weight excluding hydrogens is 232 g/mol. The van der Waals surface area contributed by atoms with Crippen LogP contribution in [0.2, 0.25) is 16.1 Å². The number of hydrogen-bond donors (Lipinski definition) is 0. The van der Waals surface area contributed by atoms with Gasteiger partial charge in [0.15, 0.2) is 7.38 Å². The van der Waals surface area contributed by atoms with Gasteiger partial charge in [-0.2, -0.15) is 11.1 Å². The van der Waals surface area contributed by atoms with Gasteiger partial charge in [-0.05, 0) is 16.1 Å². The summed E-state index contributed by atoms with van der Waals surface area (Å²) in [6.45, 7) is 16.4. The molecule has 0 aliphatic carbocycles. The molecule has 2 unspecified atom stereocenters. The lowest BCUT2D eigenvalue weighted by molar-refractivity contribution is 0.615. The first-order valence-corrected chi connectivity index (χ1v) is 10.1. The molecule has 0 rings (SSSR count). The van der Waals surface area contributed by atoms with E-state index in [2.05, 4.69) is 48.5 Å². The van der Waals surface area contributed by atoms with Gasteiger partial charge in [-0.3, -0.25) is 0 Å². The molecule has 0 nitrogen and oxygen atoms in total. The predicted octanol–water partition coefficient (Wildman–Crippen LogP) is 6.35. The Hall–Kier alpha value is 0.507. The SMILES string of the molecule is CCCC(C)[Si](Cl)(C(C)CCC)C(C)(C)C. The highest BCUT2D eigenvalue weighted by Crippen LogP contribution is 2.55. The van der Waals surface area contributed by atoms with E-state index in [1.807, 2.05) is 0 Å². The third kappa shape index (κ3) is 3.50. The third-order valence-electron chi connectivity index (χ3n) is 4.03. The van der Waals surface area contributed by atoms with Crippen LogP contribution in [0, 0.1) is 0 Å². The molecule has 0 N–H and O–H groups in total. The van der Waals surface area contributed by atoms with E-state index in [-0.39, 0.29) is 0 Å². The van der Waals surface area contributed by atoms with E-state index in [0.29, 0.717) is 5.04 Å². The molecule has 2 atom stereocenters. The Bertz CT molecular complexity index is 183. The summed E-state index contributed by atoms with van der Waals surface area (Å²) in [5, 5.41) is 0.303. The van der Waals surface area contributed by atoms with Crippen LogP contribution in [0.5, 0.6) is 0 Å². The lowest BCUT2D eigenvalue weighted by Gasteiger charge is -2.46. The summed E-state index contributed by atoms with van der Waals surface area (Å²) in [6.07, 6.45) is 5.11. The molecule has 16 heavy (non-hydrogen) atoms. The van der Waals surface area contributed by atoms with Crippen molar-refractivity contribution in [3.63, 3.8) is 0 Å². The first kappa shape index (κ1) is 16.5. The summed E-state index contributed by atoms with van der Waals surface area (Å²) < 4.78 is 0. The van der Waals surface area contributed by atoms with Crippen molar-refractivity contribution in [1.82, 2.24) is 0 Å². The van der Waals surface area contributed by atoms with Crippen LogP contribution in [0.25, 0.3) is 0 Å². The molecule has 0 heterocycles. The van der Waals surface area contributed by atoms with Gasteiger partial charge in [0.25, 0.3) is 0 Å². The Kier molecular flexibility index (Phi) is 6.65. The molecule has 2 heteroatoms. The lowest BCUT2D eigenvalue weighted by atomic mass is 10.2. The van der Waals surface area contributed by atoms with Gasteiger partial charge < -0.3 is 0 Å². The second kappa shape index (κ2) is 6.44. The molecule has 0 spiro atoms. The fourth-order valence-corrected chi connectivity index (χ4v) is 9.25. The Morgan fingerprint density at radius 1 is 0.938 bits per heavy atom. The highest BCUT2D eigenvalue weighted by molar-refractivity contribution is 7.23. The Labute approximate surface area is 109 Å². The Morgan fingerprint density at radius 3 is 1.44 bits per heavy atom. The third-order valence-corrected chi connectivity index (χ3v) is 13.7. The van der Waals surface area contributed by atoms with E-state index in [9.17, 15) is 0 Å². The van der Waals surface area contributed by atoms with Crippen molar-refractivity contribution in [1.29, 1.82) is 0 Å². The first-order chi connectivity index (χ1) is 7.21. The zero-order chi connectivity index (χ0) is 13.0. The number of hydrogen-bond acceptors (Lipinski definition) is 0. The molecule has 0 amide bonds. The molecule has 0 aromatic heterocycles. The molecule has 0 aliphatic heterocycles. The topological polar surface area (TPSA) is 0 Å². The zero-order valence-corrected chi connectivity index (χ0v) is 14.1. The minimum atomic E-state index is -1.73. The Balaban J connectivity index is 5.03. The average molecular weight is 263 g/mol. The van der Waals surface area contributed by atoms with Crippen molar-refractivity contribution in [3.05, 3.63) is 0 Å². The summed E-state index contributed by atoms with van der Waals surface area (Å²) in [6, 6.07) is 0. The van der Waals surface area contributed by atoms with E-state index in [0.717, 1.165) is 11.1 Å². The predicted molar refractivity (Wildman–Crippen MR) is 80.0 cm³/mol. The molecule has 0 aromatic carbocycles. The maximum Gasteiger partial charge on any atom is 0.167 e. The van der Waals surface area contributed by atoms with E-state index >= 15 is 0 Å². The second-order valence-corrected chi connectivity index (χ2v) is 13.3. The fraction of sp³-hybridized carbons (Fsp3) is 1.00. The van der Waals surface area contributed by atoms with Gasteiger partial charge in [0.1, 0.15) is 0 Å². The van der Waals surface area contributed by atoms with Gasteiger partial charge in [-0.1, -0.05) is 74.1 Å². The standard InChI is InChI=1S/C14H31ClSi/c1-8-10-12(3)16(15,14(5,6)7)13(4)11-9-2/h12-13H,8-11H2,1-7H3. The van der Waals surface area contributed by atoms with Crippen LogP contribution in [0.3, 0.4) is 0 Å². The van der Waals surface area contributed by atoms with Crippen molar-refractivity contribution < 1.29 is 0 Å². The molecule has 0 aliphatic rings. The molecular formula is C14H31ClSi. The van der Waals surface area contributed by atoms with Gasteiger partial charge in [0.05, 0.1) is 0 Å². The van der Waals surface area contributed by atoms with Gasteiger partial charge in [-0.15, -0.1) is 0 Å². The smallest absolute Gasteiger partial charge is 0.166 e. The summed E-state index contributed by atoms with van der Waals surface area (Å²) in [5.41, 5.74) is 1.45. The van der Waals surface area contributed by atoms with Crippen LogP contribution in [-0.4, -0.2) is 7.38 Å². The van der Waals surface area contributed by atoms with Gasteiger partial charge in [-0.25, -0.2) is 0 Å². The maximum atomic E-state index is 7.21. The summed E-state index contributed by atoms with van der Waals surface area (Å²) in [7, 11) is -1.73. The summed E-state index contributed by atoms with van der Waals surface area (Å²) in [5.74, 6) is 0. The Morgan fingerprint density at radius 2 is 1.25 bits per heavy atom. The van der Waals surface area contributed by atoms with E-state index in [4.69, 9.17) is 11.1 Å².